The molecule has 2 atom stereocenters. The monoisotopic (exact) mass is 328 g/mol. The maximum Gasteiger partial charge on any atom is 0.257 e. The lowest BCUT2D eigenvalue weighted by Gasteiger charge is -2.36. The van der Waals surface area contributed by atoms with E-state index < -0.39 is 0 Å². The molecule has 0 spiro atoms. The van der Waals surface area contributed by atoms with Crippen molar-refractivity contribution in [2.45, 2.75) is 25.9 Å². The number of anilines is 2. The fourth-order valence-corrected chi connectivity index (χ4v) is 2.99. The zero-order valence-corrected chi connectivity index (χ0v) is 13.8. The highest BCUT2D eigenvalue weighted by Crippen LogP contribution is 2.16. The molecule has 0 bridgehead atoms. The molecule has 0 radical (unpaired) electrons. The summed E-state index contributed by atoms with van der Waals surface area (Å²) in [5.41, 5.74) is 0.869. The Labute approximate surface area is 140 Å². The van der Waals surface area contributed by atoms with Crippen LogP contribution in [0.5, 0.6) is 0 Å². The van der Waals surface area contributed by atoms with E-state index in [9.17, 15) is 9.18 Å². The van der Waals surface area contributed by atoms with Gasteiger partial charge in [-0.25, -0.2) is 9.37 Å². The molecule has 24 heavy (non-hydrogen) atoms. The molecule has 2 heterocycles. The summed E-state index contributed by atoms with van der Waals surface area (Å²) < 4.78 is 13.2. The molecule has 126 valence electrons. The molecule has 0 aliphatic carbocycles. The molecule has 2 N–H and O–H groups in total. The van der Waals surface area contributed by atoms with E-state index in [-0.39, 0.29) is 11.7 Å². The lowest BCUT2D eigenvalue weighted by atomic mass is 10.1. The Kier molecular flexibility index (Phi) is 4.76. The molecule has 0 unspecified atom stereocenters. The first-order chi connectivity index (χ1) is 11.5. The second-order valence-electron chi connectivity index (χ2n) is 6.24. The van der Waals surface area contributed by atoms with E-state index in [2.05, 4.69) is 34.4 Å². The molecular formula is C18H21FN4O. The fraction of sp³-hybridized carbons (Fsp3) is 0.333. The average Bonchev–Trinajstić information content (AvgIpc) is 2.54. The number of nitrogens with one attached hydrogen (secondary N) is 2. The highest BCUT2D eigenvalue weighted by molar-refractivity contribution is 6.04. The van der Waals surface area contributed by atoms with Crippen LogP contribution in [-0.4, -0.2) is 36.1 Å². The Hall–Kier alpha value is -2.47. The van der Waals surface area contributed by atoms with Gasteiger partial charge in [-0.3, -0.25) is 4.79 Å². The minimum Gasteiger partial charge on any atom is -0.354 e. The number of hydrogen-bond acceptors (Lipinski definition) is 4. The normalized spacial score (nSPS) is 20.7. The topological polar surface area (TPSA) is 57.3 Å². The summed E-state index contributed by atoms with van der Waals surface area (Å²) >= 11 is 0. The predicted octanol–water partition coefficient (Wildman–Crippen LogP) is 2.66. The third-order valence-electron chi connectivity index (χ3n) is 3.97. The van der Waals surface area contributed by atoms with Gasteiger partial charge in [-0.05, 0) is 44.2 Å². The van der Waals surface area contributed by atoms with Crippen molar-refractivity contribution in [2.24, 2.45) is 0 Å². The first-order valence-corrected chi connectivity index (χ1v) is 8.05. The second kappa shape index (κ2) is 6.97. The molecule has 2 aromatic rings. The Balaban J connectivity index is 1.68. The van der Waals surface area contributed by atoms with E-state index in [0.29, 0.717) is 23.3 Å². The number of rotatable bonds is 3. The van der Waals surface area contributed by atoms with Crippen LogP contribution in [-0.2, 0) is 0 Å². The molecule has 0 saturated carbocycles. The number of aromatic nitrogens is 1. The number of carbonyl (C=O) groups is 1. The van der Waals surface area contributed by atoms with Crippen LogP contribution in [0.25, 0.3) is 0 Å². The lowest BCUT2D eigenvalue weighted by molar-refractivity contribution is 0.102. The zero-order valence-electron chi connectivity index (χ0n) is 13.8. The van der Waals surface area contributed by atoms with E-state index in [1.54, 1.807) is 24.4 Å². The van der Waals surface area contributed by atoms with Gasteiger partial charge in [-0.2, -0.15) is 0 Å². The van der Waals surface area contributed by atoms with Gasteiger partial charge in [0.15, 0.2) is 0 Å². The number of nitrogens with zero attached hydrogens (tertiary/aromatic N) is 2. The number of amides is 1. The zero-order chi connectivity index (χ0) is 17.1. The van der Waals surface area contributed by atoms with Gasteiger partial charge >= 0.3 is 0 Å². The minimum absolute atomic E-state index is 0.304. The molecule has 1 saturated heterocycles. The van der Waals surface area contributed by atoms with Crippen molar-refractivity contribution >= 4 is 17.4 Å². The number of carbonyl (C=O) groups excluding carboxylic acids is 1. The van der Waals surface area contributed by atoms with Gasteiger partial charge in [-0.15, -0.1) is 0 Å². The summed E-state index contributed by atoms with van der Waals surface area (Å²) in [6.45, 7) is 6.05. The number of benzene rings is 1. The Morgan fingerprint density at radius 2 is 2.00 bits per heavy atom. The molecule has 1 amide bonds. The van der Waals surface area contributed by atoms with Gasteiger partial charge in [0, 0.05) is 37.1 Å². The van der Waals surface area contributed by atoms with Crippen LogP contribution in [0.3, 0.4) is 0 Å². The van der Waals surface area contributed by atoms with E-state index in [4.69, 9.17) is 0 Å². The van der Waals surface area contributed by atoms with Gasteiger partial charge in [0.25, 0.3) is 5.91 Å². The van der Waals surface area contributed by atoms with Gasteiger partial charge < -0.3 is 15.5 Å². The van der Waals surface area contributed by atoms with Gasteiger partial charge in [0.1, 0.15) is 11.6 Å². The van der Waals surface area contributed by atoms with Crippen LogP contribution >= 0.6 is 0 Å². The first-order valence-electron chi connectivity index (χ1n) is 8.05. The maximum absolute atomic E-state index is 13.2. The van der Waals surface area contributed by atoms with E-state index >= 15 is 0 Å². The van der Waals surface area contributed by atoms with Crippen molar-refractivity contribution in [2.75, 3.05) is 23.3 Å². The largest absolute Gasteiger partial charge is 0.354 e. The first kappa shape index (κ1) is 16.4. The van der Waals surface area contributed by atoms with Gasteiger partial charge in [0.2, 0.25) is 0 Å². The predicted molar refractivity (Wildman–Crippen MR) is 92.9 cm³/mol. The maximum atomic E-state index is 13.2. The standard InChI is InChI=1S/C18H21FN4O/c1-12-10-23(11-13(2)21-12)17-7-6-14(9-20-17)18(24)22-16-5-3-4-15(19)8-16/h3-9,12-13,21H,10-11H2,1-2H3,(H,22,24)/t12-,13+. The van der Waals surface area contributed by atoms with E-state index in [0.717, 1.165) is 18.9 Å². The molecular weight excluding hydrogens is 307 g/mol. The van der Waals surface area contributed by atoms with Crippen LogP contribution in [0.4, 0.5) is 15.9 Å². The Morgan fingerprint density at radius 1 is 1.25 bits per heavy atom. The average molecular weight is 328 g/mol. The summed E-state index contributed by atoms with van der Waals surface area (Å²) in [6, 6.07) is 10.2. The summed E-state index contributed by atoms with van der Waals surface area (Å²) in [6.07, 6.45) is 1.56. The van der Waals surface area contributed by atoms with Crippen molar-refractivity contribution in [1.29, 1.82) is 0 Å². The summed E-state index contributed by atoms with van der Waals surface area (Å²) in [5.74, 6) is 0.169. The van der Waals surface area contributed by atoms with Crippen LogP contribution < -0.4 is 15.5 Å². The molecule has 1 fully saturated rings. The number of piperazine rings is 1. The lowest BCUT2D eigenvalue weighted by Crippen LogP contribution is -2.54. The molecule has 6 heteroatoms. The minimum atomic E-state index is -0.386. The molecule has 1 aliphatic rings. The van der Waals surface area contributed by atoms with Crippen molar-refractivity contribution in [3.8, 4) is 0 Å². The van der Waals surface area contributed by atoms with Crippen LogP contribution in [0.2, 0.25) is 0 Å². The van der Waals surface area contributed by atoms with Gasteiger partial charge in [0.05, 0.1) is 5.56 Å². The third kappa shape index (κ3) is 3.89. The Morgan fingerprint density at radius 3 is 2.62 bits per heavy atom. The fourth-order valence-electron chi connectivity index (χ4n) is 2.99. The quantitative estimate of drug-likeness (QED) is 0.909. The highest BCUT2D eigenvalue weighted by atomic mass is 19.1. The van der Waals surface area contributed by atoms with E-state index in [1.807, 2.05) is 6.07 Å². The third-order valence-corrected chi connectivity index (χ3v) is 3.97. The molecule has 1 aromatic heterocycles. The van der Waals surface area contributed by atoms with Crippen LogP contribution in [0.15, 0.2) is 42.6 Å². The van der Waals surface area contributed by atoms with Crippen molar-refractivity contribution < 1.29 is 9.18 Å². The van der Waals surface area contributed by atoms with Gasteiger partial charge in [-0.1, -0.05) is 6.07 Å². The molecule has 5 nitrogen and oxygen atoms in total. The summed E-state index contributed by atoms with van der Waals surface area (Å²) in [5, 5.41) is 6.15. The Bertz CT molecular complexity index is 709. The molecule has 1 aromatic carbocycles. The molecule has 1 aliphatic heterocycles. The van der Waals surface area contributed by atoms with E-state index in [1.165, 1.54) is 12.1 Å². The number of halogens is 1. The number of hydrogen-bond donors (Lipinski definition) is 2. The second-order valence-corrected chi connectivity index (χ2v) is 6.24. The molecule has 3 rings (SSSR count). The van der Waals surface area contributed by atoms with Crippen molar-refractivity contribution in [3.05, 3.63) is 54.0 Å². The van der Waals surface area contributed by atoms with Crippen LogP contribution in [0.1, 0.15) is 24.2 Å². The smallest absolute Gasteiger partial charge is 0.257 e. The number of pyridine rings is 1. The SMILES string of the molecule is C[C@@H]1CN(c2ccc(C(=O)Nc3cccc(F)c3)cn2)C[C@H](C)N1. The van der Waals surface area contributed by atoms with Crippen molar-refractivity contribution in [1.82, 2.24) is 10.3 Å². The summed E-state index contributed by atoms with van der Waals surface area (Å²) in [7, 11) is 0. The summed E-state index contributed by atoms with van der Waals surface area (Å²) in [4.78, 5) is 18.8. The van der Waals surface area contributed by atoms with Crippen molar-refractivity contribution in [3.63, 3.8) is 0 Å². The highest BCUT2D eigenvalue weighted by Gasteiger charge is 2.22. The van der Waals surface area contributed by atoms with Crippen LogP contribution in [0, 0.1) is 5.82 Å².